The maximum atomic E-state index is 13.4. The zero-order valence-electron chi connectivity index (χ0n) is 20.5. The number of carbonyl (C=O) groups excluding carboxylic acids is 2. The summed E-state index contributed by atoms with van der Waals surface area (Å²) < 4.78 is 1.78. The van der Waals surface area contributed by atoms with Crippen molar-refractivity contribution >= 4 is 29.4 Å². The van der Waals surface area contributed by atoms with Gasteiger partial charge in [-0.2, -0.15) is 0 Å². The fourth-order valence-electron chi connectivity index (χ4n) is 4.14. The predicted molar refractivity (Wildman–Crippen MR) is 150 cm³/mol. The highest BCUT2D eigenvalue weighted by atomic mass is 35.5. The van der Waals surface area contributed by atoms with Gasteiger partial charge in [0, 0.05) is 34.6 Å². The van der Waals surface area contributed by atoms with E-state index in [0.717, 1.165) is 16.8 Å². The molecule has 5 aromatic rings. The number of anilines is 1. The average molecular weight is 521 g/mol. The molecular weight excluding hydrogens is 496 g/mol. The maximum Gasteiger partial charge on any atom is 0.254 e. The van der Waals surface area contributed by atoms with Gasteiger partial charge in [-0.1, -0.05) is 96.5 Å². The summed E-state index contributed by atoms with van der Waals surface area (Å²) in [5, 5.41) is 3.48. The summed E-state index contributed by atoms with van der Waals surface area (Å²) in [5.74, 6) is -0.255. The molecule has 0 aliphatic carbocycles. The Labute approximate surface area is 226 Å². The smallest absolute Gasteiger partial charge is 0.254 e. The van der Waals surface area contributed by atoms with E-state index in [2.05, 4.69) is 5.32 Å². The van der Waals surface area contributed by atoms with Crippen molar-refractivity contribution in [2.24, 2.45) is 0 Å². The summed E-state index contributed by atoms with van der Waals surface area (Å²) in [6.07, 6.45) is 1.85. The lowest BCUT2D eigenvalue weighted by atomic mass is 10.1. The van der Waals surface area contributed by atoms with Gasteiger partial charge in [0.25, 0.3) is 5.91 Å². The number of imidazole rings is 1. The van der Waals surface area contributed by atoms with Gasteiger partial charge in [-0.05, 0) is 35.9 Å². The molecule has 0 aliphatic heterocycles. The standard InChI is InChI=1S/C31H25ClN4O2/c32-26-17-10-18-27(19-26)36-21-28(24-13-6-2-7-14-24)33-31(36)34-29(37)22-35(20-23-11-4-1-5-12-23)30(38)25-15-8-3-9-16-25/h1-19,21H,20,22H2,(H,33,34,37). The number of halogens is 1. The van der Waals surface area contributed by atoms with Crippen molar-refractivity contribution in [3.63, 3.8) is 0 Å². The molecule has 1 aromatic heterocycles. The lowest BCUT2D eigenvalue weighted by molar-refractivity contribution is -0.117. The molecule has 0 unspecified atom stereocenters. The van der Waals surface area contributed by atoms with Gasteiger partial charge in [-0.3, -0.25) is 19.5 Å². The van der Waals surface area contributed by atoms with Gasteiger partial charge >= 0.3 is 0 Å². The van der Waals surface area contributed by atoms with Crippen LogP contribution >= 0.6 is 11.6 Å². The summed E-state index contributed by atoms with van der Waals surface area (Å²) in [5.41, 5.74) is 3.81. The first kappa shape index (κ1) is 25.0. The van der Waals surface area contributed by atoms with E-state index in [0.29, 0.717) is 28.8 Å². The van der Waals surface area contributed by atoms with Crippen molar-refractivity contribution in [1.29, 1.82) is 0 Å². The third-order valence-electron chi connectivity index (χ3n) is 5.97. The molecule has 0 radical (unpaired) electrons. The van der Waals surface area contributed by atoms with E-state index in [1.807, 2.05) is 85.1 Å². The van der Waals surface area contributed by atoms with Crippen LogP contribution in [-0.4, -0.2) is 32.8 Å². The van der Waals surface area contributed by atoms with E-state index in [1.165, 1.54) is 4.90 Å². The molecule has 7 heteroatoms. The highest BCUT2D eigenvalue weighted by Crippen LogP contribution is 2.25. The molecule has 0 saturated heterocycles. The fourth-order valence-corrected chi connectivity index (χ4v) is 4.33. The second-order valence-corrected chi connectivity index (χ2v) is 9.16. The van der Waals surface area contributed by atoms with Crippen molar-refractivity contribution in [1.82, 2.24) is 14.5 Å². The summed E-state index contributed by atoms with van der Waals surface area (Å²) in [7, 11) is 0. The van der Waals surface area contributed by atoms with Crippen molar-refractivity contribution in [3.05, 3.63) is 138 Å². The number of carbonyl (C=O) groups is 2. The van der Waals surface area contributed by atoms with E-state index < -0.39 is 0 Å². The van der Waals surface area contributed by atoms with Crippen molar-refractivity contribution in [2.45, 2.75) is 6.54 Å². The molecular formula is C31H25ClN4O2. The Hall–Kier alpha value is -4.68. The average Bonchev–Trinajstić information content (AvgIpc) is 3.37. The Kier molecular flexibility index (Phi) is 7.62. The molecule has 0 atom stereocenters. The van der Waals surface area contributed by atoms with E-state index in [-0.39, 0.29) is 18.4 Å². The van der Waals surface area contributed by atoms with Gasteiger partial charge in [0.1, 0.15) is 6.54 Å². The Morgan fingerprint density at radius 2 is 1.47 bits per heavy atom. The Balaban J connectivity index is 1.44. The molecule has 1 heterocycles. The molecule has 0 fully saturated rings. The quantitative estimate of drug-likeness (QED) is 0.255. The van der Waals surface area contributed by atoms with Gasteiger partial charge in [-0.25, -0.2) is 4.98 Å². The van der Waals surface area contributed by atoms with Gasteiger partial charge in [0.2, 0.25) is 11.9 Å². The molecule has 0 aliphatic rings. The molecule has 2 amide bonds. The largest absolute Gasteiger partial charge is 0.325 e. The Morgan fingerprint density at radius 3 is 2.16 bits per heavy atom. The van der Waals surface area contributed by atoms with Crippen molar-refractivity contribution < 1.29 is 9.59 Å². The molecule has 1 N–H and O–H groups in total. The highest BCUT2D eigenvalue weighted by Gasteiger charge is 2.21. The van der Waals surface area contributed by atoms with Crippen LogP contribution in [-0.2, 0) is 11.3 Å². The lowest BCUT2D eigenvalue weighted by Crippen LogP contribution is -2.38. The molecule has 188 valence electrons. The first-order chi connectivity index (χ1) is 18.6. The van der Waals surface area contributed by atoms with Crippen LogP contribution in [0.4, 0.5) is 5.95 Å². The van der Waals surface area contributed by atoms with Crippen LogP contribution in [0, 0.1) is 0 Å². The molecule has 0 spiro atoms. The molecule has 6 nitrogen and oxygen atoms in total. The SMILES string of the molecule is O=C(CN(Cc1ccccc1)C(=O)c1ccccc1)Nc1nc(-c2ccccc2)cn1-c1cccc(Cl)c1. The first-order valence-corrected chi connectivity index (χ1v) is 12.5. The second-order valence-electron chi connectivity index (χ2n) is 8.73. The van der Waals surface area contributed by atoms with Gasteiger partial charge in [0.15, 0.2) is 0 Å². The normalized spacial score (nSPS) is 10.7. The fraction of sp³-hybridized carbons (Fsp3) is 0.0645. The van der Waals surface area contributed by atoms with Crippen LogP contribution in [0.3, 0.4) is 0 Å². The van der Waals surface area contributed by atoms with Gasteiger partial charge in [-0.15, -0.1) is 0 Å². The van der Waals surface area contributed by atoms with Crippen LogP contribution in [0.25, 0.3) is 16.9 Å². The van der Waals surface area contributed by atoms with Crippen LogP contribution in [0.1, 0.15) is 15.9 Å². The van der Waals surface area contributed by atoms with Gasteiger partial charge in [0.05, 0.1) is 5.69 Å². The van der Waals surface area contributed by atoms with Crippen LogP contribution in [0.5, 0.6) is 0 Å². The Morgan fingerprint density at radius 1 is 0.816 bits per heavy atom. The van der Waals surface area contributed by atoms with Gasteiger partial charge < -0.3 is 4.90 Å². The predicted octanol–water partition coefficient (Wildman–Crippen LogP) is 6.47. The topological polar surface area (TPSA) is 67.2 Å². The minimum Gasteiger partial charge on any atom is -0.325 e. The zero-order valence-corrected chi connectivity index (χ0v) is 21.3. The highest BCUT2D eigenvalue weighted by molar-refractivity contribution is 6.30. The number of hydrogen-bond donors (Lipinski definition) is 1. The van der Waals surface area contributed by atoms with E-state index >= 15 is 0 Å². The molecule has 0 bridgehead atoms. The number of amides is 2. The van der Waals surface area contributed by atoms with E-state index in [1.54, 1.807) is 41.0 Å². The summed E-state index contributed by atoms with van der Waals surface area (Å²) in [4.78, 5) is 33.0. The van der Waals surface area contributed by atoms with Crippen LogP contribution in [0.2, 0.25) is 5.02 Å². The second kappa shape index (κ2) is 11.6. The van der Waals surface area contributed by atoms with Crippen molar-refractivity contribution in [2.75, 3.05) is 11.9 Å². The number of nitrogens with one attached hydrogen (secondary N) is 1. The summed E-state index contributed by atoms with van der Waals surface area (Å²) in [6, 6.07) is 35.6. The third kappa shape index (κ3) is 5.99. The van der Waals surface area contributed by atoms with E-state index in [9.17, 15) is 9.59 Å². The number of hydrogen-bond acceptors (Lipinski definition) is 3. The Bertz CT molecular complexity index is 1540. The number of benzene rings is 4. The third-order valence-corrected chi connectivity index (χ3v) is 6.21. The molecule has 38 heavy (non-hydrogen) atoms. The molecule has 0 saturated carbocycles. The minimum atomic E-state index is -0.362. The van der Waals surface area contributed by atoms with E-state index in [4.69, 9.17) is 16.6 Å². The maximum absolute atomic E-state index is 13.4. The lowest BCUT2D eigenvalue weighted by Gasteiger charge is -2.22. The first-order valence-electron chi connectivity index (χ1n) is 12.2. The van der Waals surface area contributed by atoms with Crippen LogP contribution < -0.4 is 5.32 Å². The number of rotatable bonds is 8. The molecule has 5 rings (SSSR count). The minimum absolute atomic E-state index is 0.147. The zero-order chi connectivity index (χ0) is 26.3. The number of nitrogens with zero attached hydrogens (tertiary/aromatic N) is 3. The summed E-state index contributed by atoms with van der Waals surface area (Å²) in [6.45, 7) is 0.145. The monoisotopic (exact) mass is 520 g/mol. The van der Waals surface area contributed by atoms with Crippen LogP contribution in [0.15, 0.2) is 121 Å². The van der Waals surface area contributed by atoms with Crippen molar-refractivity contribution in [3.8, 4) is 16.9 Å². The number of aromatic nitrogens is 2. The summed E-state index contributed by atoms with van der Waals surface area (Å²) >= 11 is 6.25. The molecule has 4 aromatic carbocycles.